The Morgan fingerprint density at radius 1 is 1.14 bits per heavy atom. The Morgan fingerprint density at radius 3 is 2.83 bits per heavy atom. The number of amides is 2. The van der Waals surface area contributed by atoms with Crippen LogP contribution in [-0.2, 0) is 22.9 Å². The van der Waals surface area contributed by atoms with Gasteiger partial charge in [-0.3, -0.25) is 9.58 Å². The molecule has 5 rings (SSSR count). The van der Waals surface area contributed by atoms with Crippen molar-refractivity contribution in [1.82, 2.24) is 19.7 Å². The van der Waals surface area contributed by atoms with Gasteiger partial charge < -0.3 is 14.4 Å². The average Bonchev–Trinajstić information content (AvgIpc) is 3.45. The first-order valence-corrected chi connectivity index (χ1v) is 10.5. The summed E-state index contributed by atoms with van der Waals surface area (Å²) in [5.74, 6) is 0.780. The number of hydrogen-bond acceptors (Lipinski definition) is 5. The van der Waals surface area contributed by atoms with E-state index in [2.05, 4.69) is 11.2 Å². The Morgan fingerprint density at radius 2 is 2.03 bits per heavy atom. The summed E-state index contributed by atoms with van der Waals surface area (Å²) >= 11 is 0. The number of aromatic nitrogens is 3. The quantitative estimate of drug-likeness (QED) is 0.777. The number of morpholine rings is 1. The number of urea groups is 1. The number of pyridine rings is 1. The van der Waals surface area contributed by atoms with Crippen LogP contribution in [-0.4, -0.2) is 70.8 Å². The van der Waals surface area contributed by atoms with E-state index in [9.17, 15) is 4.79 Å². The number of carbonyl (C=O) groups excluding carboxylic acids is 1. The second-order valence-electron chi connectivity index (χ2n) is 8.03. The maximum Gasteiger partial charge on any atom is 0.325 e. The average molecular weight is 397 g/mol. The van der Waals surface area contributed by atoms with Gasteiger partial charge in [0.25, 0.3) is 0 Å². The standard InChI is InChI=1S/C21H27N5O3/c1-24-13-16(12-22-24)17-7-6-15-4-2-8-26(20(15)23-17)21(27)25-9-11-29-19(14-25)18-5-3-10-28-18/h6-7,12-13,18-19H,2-5,8-11,14H2,1H3. The molecule has 2 amide bonds. The number of hydrogen-bond donors (Lipinski definition) is 0. The predicted molar refractivity (Wildman–Crippen MR) is 108 cm³/mol. The van der Waals surface area contributed by atoms with Crippen molar-refractivity contribution >= 4 is 11.8 Å². The van der Waals surface area contributed by atoms with Gasteiger partial charge in [0, 0.05) is 38.5 Å². The Labute approximate surface area is 170 Å². The number of fused-ring (bicyclic) bond motifs is 1. The van der Waals surface area contributed by atoms with Crippen LogP contribution in [0.15, 0.2) is 24.5 Å². The minimum atomic E-state index is -0.0332. The topological polar surface area (TPSA) is 72.7 Å². The molecule has 0 N–H and O–H groups in total. The zero-order valence-corrected chi connectivity index (χ0v) is 16.8. The summed E-state index contributed by atoms with van der Waals surface area (Å²) in [6.07, 6.45) is 7.79. The molecule has 2 atom stereocenters. The Balaban J connectivity index is 1.38. The van der Waals surface area contributed by atoms with E-state index in [1.807, 2.05) is 29.1 Å². The number of anilines is 1. The molecular weight excluding hydrogens is 370 g/mol. The highest BCUT2D eigenvalue weighted by Gasteiger charge is 2.36. The molecule has 8 nitrogen and oxygen atoms in total. The SMILES string of the molecule is Cn1cc(-c2ccc3c(n2)N(C(=O)N2CCOC(C4CCCO4)C2)CCC3)cn1. The Hall–Kier alpha value is -2.45. The first kappa shape index (κ1) is 18.6. The summed E-state index contributed by atoms with van der Waals surface area (Å²) in [5, 5.41) is 4.24. The van der Waals surface area contributed by atoms with Crippen LogP contribution in [0.4, 0.5) is 10.6 Å². The Kier molecular flexibility index (Phi) is 4.97. The van der Waals surface area contributed by atoms with Crippen LogP contribution >= 0.6 is 0 Å². The first-order chi connectivity index (χ1) is 14.2. The number of nitrogens with zero attached hydrogens (tertiary/aromatic N) is 5. The molecule has 0 aliphatic carbocycles. The lowest BCUT2D eigenvalue weighted by Crippen LogP contribution is -2.54. The molecule has 3 aliphatic heterocycles. The van der Waals surface area contributed by atoms with E-state index in [4.69, 9.17) is 14.5 Å². The fourth-order valence-corrected chi connectivity index (χ4v) is 4.48. The van der Waals surface area contributed by atoms with Crippen LogP contribution in [0.25, 0.3) is 11.3 Å². The van der Waals surface area contributed by atoms with Crippen molar-refractivity contribution < 1.29 is 14.3 Å². The van der Waals surface area contributed by atoms with Gasteiger partial charge in [-0.15, -0.1) is 0 Å². The van der Waals surface area contributed by atoms with Crippen LogP contribution in [0.2, 0.25) is 0 Å². The van der Waals surface area contributed by atoms with Crippen molar-refractivity contribution in [3.05, 3.63) is 30.1 Å². The molecule has 8 heteroatoms. The maximum absolute atomic E-state index is 13.4. The summed E-state index contributed by atoms with van der Waals surface area (Å²) in [5.41, 5.74) is 2.93. The third kappa shape index (κ3) is 3.62. The van der Waals surface area contributed by atoms with E-state index in [0.29, 0.717) is 26.2 Å². The maximum atomic E-state index is 13.4. The van der Waals surface area contributed by atoms with Crippen molar-refractivity contribution in [3.63, 3.8) is 0 Å². The fourth-order valence-electron chi connectivity index (χ4n) is 4.48. The lowest BCUT2D eigenvalue weighted by atomic mass is 10.0. The molecule has 2 unspecified atom stereocenters. The summed E-state index contributed by atoms with van der Waals surface area (Å²) < 4.78 is 13.5. The van der Waals surface area contributed by atoms with E-state index in [1.54, 1.807) is 10.9 Å². The van der Waals surface area contributed by atoms with Gasteiger partial charge in [0.15, 0.2) is 0 Å². The van der Waals surface area contributed by atoms with Crippen molar-refractivity contribution in [2.75, 3.05) is 37.7 Å². The highest BCUT2D eigenvalue weighted by molar-refractivity contribution is 5.92. The summed E-state index contributed by atoms with van der Waals surface area (Å²) in [6.45, 7) is 3.23. The highest BCUT2D eigenvalue weighted by atomic mass is 16.5. The van der Waals surface area contributed by atoms with Crippen LogP contribution < -0.4 is 4.90 Å². The minimum absolute atomic E-state index is 0.0214. The van der Waals surface area contributed by atoms with Crippen molar-refractivity contribution in [2.24, 2.45) is 7.05 Å². The van der Waals surface area contributed by atoms with Gasteiger partial charge in [0.2, 0.25) is 0 Å². The fraction of sp³-hybridized carbons (Fsp3) is 0.571. The largest absolute Gasteiger partial charge is 0.375 e. The van der Waals surface area contributed by atoms with E-state index < -0.39 is 0 Å². The number of rotatable bonds is 2. The molecule has 2 fully saturated rings. The zero-order chi connectivity index (χ0) is 19.8. The third-order valence-corrected chi connectivity index (χ3v) is 6.01. The van der Waals surface area contributed by atoms with Gasteiger partial charge in [0.05, 0.1) is 31.1 Å². The van der Waals surface area contributed by atoms with Gasteiger partial charge in [-0.1, -0.05) is 6.07 Å². The van der Waals surface area contributed by atoms with Gasteiger partial charge in [-0.2, -0.15) is 5.10 Å². The lowest BCUT2D eigenvalue weighted by molar-refractivity contribution is -0.0844. The molecule has 3 aliphatic rings. The van der Waals surface area contributed by atoms with Crippen LogP contribution in [0.1, 0.15) is 24.8 Å². The molecule has 5 heterocycles. The minimum Gasteiger partial charge on any atom is -0.375 e. The molecule has 0 aromatic carbocycles. The summed E-state index contributed by atoms with van der Waals surface area (Å²) in [4.78, 5) is 22.0. The van der Waals surface area contributed by atoms with Crippen molar-refractivity contribution in [2.45, 2.75) is 37.9 Å². The second-order valence-corrected chi connectivity index (χ2v) is 8.03. The van der Waals surface area contributed by atoms with Crippen molar-refractivity contribution in [1.29, 1.82) is 0 Å². The van der Waals surface area contributed by atoms with E-state index >= 15 is 0 Å². The number of carbonyl (C=O) groups is 1. The highest BCUT2D eigenvalue weighted by Crippen LogP contribution is 2.30. The van der Waals surface area contributed by atoms with Gasteiger partial charge in [-0.25, -0.2) is 9.78 Å². The molecule has 0 saturated carbocycles. The number of ether oxygens (including phenoxy) is 2. The molecule has 0 spiro atoms. The van der Waals surface area contributed by atoms with Crippen molar-refractivity contribution in [3.8, 4) is 11.3 Å². The number of aryl methyl sites for hydroxylation is 2. The molecule has 0 bridgehead atoms. The zero-order valence-electron chi connectivity index (χ0n) is 16.8. The molecule has 2 aromatic heterocycles. The van der Waals surface area contributed by atoms with Gasteiger partial charge >= 0.3 is 6.03 Å². The van der Waals surface area contributed by atoms with Gasteiger partial charge in [0.1, 0.15) is 11.9 Å². The normalized spacial score (nSPS) is 24.6. The molecule has 2 saturated heterocycles. The Bertz CT molecular complexity index is 892. The van der Waals surface area contributed by atoms with E-state index in [-0.39, 0.29) is 18.2 Å². The molecule has 2 aromatic rings. The molecule has 29 heavy (non-hydrogen) atoms. The van der Waals surface area contributed by atoms with Gasteiger partial charge in [-0.05, 0) is 37.3 Å². The van der Waals surface area contributed by atoms with E-state index in [0.717, 1.165) is 54.9 Å². The molecular formula is C21H27N5O3. The second kappa shape index (κ2) is 7.76. The smallest absolute Gasteiger partial charge is 0.325 e. The third-order valence-electron chi connectivity index (χ3n) is 6.01. The molecule has 0 radical (unpaired) electrons. The van der Waals surface area contributed by atoms with Crippen LogP contribution in [0.3, 0.4) is 0 Å². The molecule has 154 valence electrons. The van der Waals surface area contributed by atoms with Crippen LogP contribution in [0, 0.1) is 0 Å². The van der Waals surface area contributed by atoms with E-state index in [1.165, 1.54) is 0 Å². The summed E-state index contributed by atoms with van der Waals surface area (Å²) in [6, 6.07) is 4.14. The van der Waals surface area contributed by atoms with Crippen LogP contribution in [0.5, 0.6) is 0 Å². The first-order valence-electron chi connectivity index (χ1n) is 10.5. The lowest BCUT2D eigenvalue weighted by Gasteiger charge is -2.39. The predicted octanol–water partition coefficient (Wildman–Crippen LogP) is 2.23. The summed E-state index contributed by atoms with van der Waals surface area (Å²) in [7, 11) is 1.89. The monoisotopic (exact) mass is 397 g/mol.